The number of hydrogen-bond acceptors (Lipinski definition) is 5. The van der Waals surface area contributed by atoms with Crippen molar-refractivity contribution in [3.8, 4) is 5.75 Å². The summed E-state index contributed by atoms with van der Waals surface area (Å²) in [7, 11) is -2.02. The molecule has 1 amide bonds. The zero-order valence-corrected chi connectivity index (χ0v) is 15.2. The van der Waals surface area contributed by atoms with Gasteiger partial charge in [0.25, 0.3) is 5.91 Å². The highest BCUT2D eigenvalue weighted by atomic mass is 32.2. The zero-order chi connectivity index (χ0) is 18.6. The molecule has 1 heterocycles. The van der Waals surface area contributed by atoms with Gasteiger partial charge in [0.05, 0.1) is 25.2 Å². The number of nitrogens with zero attached hydrogens (tertiary/aromatic N) is 1. The second-order valence-electron chi connectivity index (χ2n) is 5.73. The second kappa shape index (κ2) is 7.86. The summed E-state index contributed by atoms with van der Waals surface area (Å²) in [5.41, 5.74) is 0.966. The van der Waals surface area contributed by atoms with Gasteiger partial charge >= 0.3 is 0 Å². The van der Waals surface area contributed by atoms with Crippen molar-refractivity contribution in [2.24, 2.45) is 0 Å². The Hall–Kier alpha value is -2.42. The Morgan fingerprint density at radius 1 is 1.12 bits per heavy atom. The van der Waals surface area contributed by atoms with E-state index in [2.05, 4.69) is 5.32 Å². The van der Waals surface area contributed by atoms with Crippen LogP contribution in [0.2, 0.25) is 0 Å². The predicted molar refractivity (Wildman–Crippen MR) is 97.0 cm³/mol. The molecule has 0 unspecified atom stereocenters. The minimum absolute atomic E-state index is 0.164. The van der Waals surface area contributed by atoms with E-state index in [9.17, 15) is 13.2 Å². The summed E-state index contributed by atoms with van der Waals surface area (Å²) in [5, 5.41) is 2.76. The van der Waals surface area contributed by atoms with Gasteiger partial charge in [0.15, 0.2) is 0 Å². The van der Waals surface area contributed by atoms with E-state index in [1.807, 2.05) is 0 Å². The topological polar surface area (TPSA) is 84.9 Å². The second-order valence-corrected chi connectivity index (χ2v) is 7.66. The smallest absolute Gasteiger partial charge is 0.255 e. The third-order valence-corrected chi connectivity index (χ3v) is 5.96. The minimum atomic E-state index is -3.57. The number of benzene rings is 2. The molecule has 26 heavy (non-hydrogen) atoms. The molecule has 0 radical (unpaired) electrons. The summed E-state index contributed by atoms with van der Waals surface area (Å²) in [6.45, 7) is 1.45. The Kier molecular flexibility index (Phi) is 5.55. The maximum absolute atomic E-state index is 12.6. The van der Waals surface area contributed by atoms with Crippen LogP contribution < -0.4 is 10.1 Å². The number of amides is 1. The van der Waals surface area contributed by atoms with Crippen molar-refractivity contribution in [2.45, 2.75) is 4.90 Å². The number of rotatable bonds is 5. The van der Waals surface area contributed by atoms with Gasteiger partial charge in [-0.05, 0) is 36.4 Å². The number of methoxy groups -OCH3 is 1. The van der Waals surface area contributed by atoms with E-state index >= 15 is 0 Å². The largest absolute Gasteiger partial charge is 0.497 e. The highest BCUT2D eigenvalue weighted by Gasteiger charge is 2.26. The van der Waals surface area contributed by atoms with Crippen molar-refractivity contribution in [1.29, 1.82) is 0 Å². The third-order valence-electron chi connectivity index (χ3n) is 4.05. The first-order chi connectivity index (χ1) is 12.5. The lowest BCUT2D eigenvalue weighted by Crippen LogP contribution is -2.40. The number of ether oxygens (including phenoxy) is 2. The lowest BCUT2D eigenvalue weighted by molar-refractivity contribution is 0.0730. The van der Waals surface area contributed by atoms with Gasteiger partial charge in [-0.1, -0.05) is 6.07 Å². The first-order valence-electron chi connectivity index (χ1n) is 8.14. The fourth-order valence-corrected chi connectivity index (χ4v) is 4.03. The summed E-state index contributed by atoms with van der Waals surface area (Å²) < 4.78 is 36.9. The predicted octanol–water partition coefficient (Wildman–Crippen LogP) is 1.97. The molecule has 1 saturated heterocycles. The van der Waals surface area contributed by atoms with Crippen LogP contribution in [0, 0.1) is 0 Å². The molecule has 2 aromatic rings. The number of morpholine rings is 1. The van der Waals surface area contributed by atoms with Gasteiger partial charge in [-0.2, -0.15) is 4.31 Å². The molecule has 1 aliphatic rings. The monoisotopic (exact) mass is 376 g/mol. The average molecular weight is 376 g/mol. The maximum Gasteiger partial charge on any atom is 0.255 e. The quantitative estimate of drug-likeness (QED) is 0.862. The Labute approximate surface area is 152 Å². The number of carbonyl (C=O) groups excluding carboxylic acids is 1. The lowest BCUT2D eigenvalue weighted by atomic mass is 10.2. The van der Waals surface area contributed by atoms with Crippen molar-refractivity contribution < 1.29 is 22.7 Å². The van der Waals surface area contributed by atoms with Gasteiger partial charge in [-0.3, -0.25) is 4.79 Å². The summed E-state index contributed by atoms with van der Waals surface area (Å²) in [5.74, 6) is 0.309. The first-order valence-corrected chi connectivity index (χ1v) is 9.58. The van der Waals surface area contributed by atoms with Crippen LogP contribution in [0.25, 0.3) is 0 Å². The first kappa shape index (κ1) is 18.4. The molecule has 0 aromatic heterocycles. The lowest BCUT2D eigenvalue weighted by Gasteiger charge is -2.26. The zero-order valence-electron chi connectivity index (χ0n) is 14.3. The molecule has 0 aliphatic carbocycles. The number of hydrogen-bond donors (Lipinski definition) is 1. The normalized spacial score (nSPS) is 15.4. The highest BCUT2D eigenvalue weighted by Crippen LogP contribution is 2.20. The molecule has 0 atom stereocenters. The molecule has 1 N–H and O–H groups in total. The molecule has 1 aliphatic heterocycles. The molecule has 2 aromatic carbocycles. The standard InChI is InChI=1S/C18H20N2O5S/c1-24-16-4-2-3-15(13-16)19-18(21)14-5-7-17(8-6-14)26(22,23)20-9-11-25-12-10-20/h2-8,13H,9-12H2,1H3,(H,19,21). The fourth-order valence-electron chi connectivity index (χ4n) is 2.62. The summed E-state index contributed by atoms with van der Waals surface area (Å²) in [6, 6.07) is 12.9. The molecule has 0 spiro atoms. The highest BCUT2D eigenvalue weighted by molar-refractivity contribution is 7.89. The van der Waals surface area contributed by atoms with E-state index in [0.717, 1.165) is 0 Å². The van der Waals surface area contributed by atoms with Crippen LogP contribution in [0.5, 0.6) is 5.75 Å². The van der Waals surface area contributed by atoms with E-state index in [1.165, 1.54) is 28.6 Å². The number of anilines is 1. The van der Waals surface area contributed by atoms with Crippen LogP contribution in [0.1, 0.15) is 10.4 Å². The van der Waals surface area contributed by atoms with E-state index in [1.54, 1.807) is 31.4 Å². The van der Waals surface area contributed by atoms with Crippen LogP contribution in [0.15, 0.2) is 53.4 Å². The molecule has 8 heteroatoms. The van der Waals surface area contributed by atoms with Crippen molar-refractivity contribution in [2.75, 3.05) is 38.7 Å². The Bertz CT molecular complexity index is 875. The summed E-state index contributed by atoms with van der Waals surface area (Å²) in [4.78, 5) is 12.5. The minimum Gasteiger partial charge on any atom is -0.497 e. The molecule has 3 rings (SSSR count). The van der Waals surface area contributed by atoms with Crippen molar-refractivity contribution >= 4 is 21.6 Å². The van der Waals surface area contributed by atoms with Crippen LogP contribution in [0.3, 0.4) is 0 Å². The molecule has 0 saturated carbocycles. The average Bonchev–Trinajstić information content (AvgIpc) is 2.69. The molecular formula is C18H20N2O5S. The van der Waals surface area contributed by atoms with Gasteiger partial charge in [-0.25, -0.2) is 8.42 Å². The fraction of sp³-hybridized carbons (Fsp3) is 0.278. The SMILES string of the molecule is COc1cccc(NC(=O)c2ccc(S(=O)(=O)N3CCOCC3)cc2)c1. The van der Waals surface area contributed by atoms with Crippen molar-refractivity contribution in [3.63, 3.8) is 0 Å². The van der Waals surface area contributed by atoms with Crippen LogP contribution >= 0.6 is 0 Å². The van der Waals surface area contributed by atoms with E-state index < -0.39 is 10.0 Å². The van der Waals surface area contributed by atoms with Gasteiger partial charge in [0.2, 0.25) is 10.0 Å². The number of carbonyl (C=O) groups is 1. The van der Waals surface area contributed by atoms with E-state index in [4.69, 9.17) is 9.47 Å². The van der Waals surface area contributed by atoms with Gasteiger partial charge < -0.3 is 14.8 Å². The Morgan fingerprint density at radius 2 is 1.81 bits per heavy atom. The van der Waals surface area contributed by atoms with Crippen LogP contribution in [0.4, 0.5) is 5.69 Å². The van der Waals surface area contributed by atoms with Gasteiger partial charge in [0.1, 0.15) is 5.75 Å². The van der Waals surface area contributed by atoms with E-state index in [0.29, 0.717) is 43.3 Å². The third kappa shape index (κ3) is 4.04. The maximum atomic E-state index is 12.6. The Morgan fingerprint density at radius 3 is 2.46 bits per heavy atom. The van der Waals surface area contributed by atoms with Crippen molar-refractivity contribution in [3.05, 3.63) is 54.1 Å². The van der Waals surface area contributed by atoms with E-state index in [-0.39, 0.29) is 10.8 Å². The van der Waals surface area contributed by atoms with Gasteiger partial charge in [0, 0.05) is 30.4 Å². The van der Waals surface area contributed by atoms with Gasteiger partial charge in [-0.15, -0.1) is 0 Å². The summed E-state index contributed by atoms with van der Waals surface area (Å²) >= 11 is 0. The number of sulfonamides is 1. The molecule has 1 fully saturated rings. The molecule has 0 bridgehead atoms. The van der Waals surface area contributed by atoms with Crippen LogP contribution in [-0.4, -0.2) is 52.0 Å². The van der Waals surface area contributed by atoms with Crippen LogP contribution in [-0.2, 0) is 14.8 Å². The summed E-state index contributed by atoms with van der Waals surface area (Å²) in [6.07, 6.45) is 0. The molecular weight excluding hydrogens is 356 g/mol. The number of nitrogens with one attached hydrogen (secondary N) is 1. The molecule has 138 valence electrons. The van der Waals surface area contributed by atoms with Crippen molar-refractivity contribution in [1.82, 2.24) is 4.31 Å². The Balaban J connectivity index is 1.73. The molecule has 7 nitrogen and oxygen atoms in total.